The van der Waals surface area contributed by atoms with Crippen LogP contribution in [0.2, 0.25) is 0 Å². The number of aryl methyl sites for hydroxylation is 1. The van der Waals surface area contributed by atoms with Crippen LogP contribution in [0.25, 0.3) is 10.9 Å². The average Bonchev–Trinajstić information content (AvgIpc) is 3.03. The van der Waals surface area contributed by atoms with Crippen LogP contribution in [0.4, 0.5) is 0 Å². The molecule has 2 aliphatic heterocycles. The molecule has 2 atom stereocenters. The van der Waals surface area contributed by atoms with E-state index < -0.39 is 5.60 Å². The van der Waals surface area contributed by atoms with E-state index in [9.17, 15) is 5.11 Å². The molecule has 4 rings (SSSR count). The van der Waals surface area contributed by atoms with Crippen molar-refractivity contribution in [1.82, 2.24) is 9.88 Å². The van der Waals surface area contributed by atoms with Crippen LogP contribution in [0.1, 0.15) is 30.5 Å². The van der Waals surface area contributed by atoms with Gasteiger partial charge in [-0.1, -0.05) is 12.1 Å². The van der Waals surface area contributed by atoms with Gasteiger partial charge in [0.25, 0.3) is 0 Å². The Labute approximate surface area is 119 Å². The van der Waals surface area contributed by atoms with Gasteiger partial charge in [0.15, 0.2) is 0 Å². The highest BCUT2D eigenvalue weighted by Gasteiger charge is 2.48. The first kappa shape index (κ1) is 12.3. The molecule has 20 heavy (non-hydrogen) atoms. The molecule has 2 unspecified atom stereocenters. The lowest BCUT2D eigenvalue weighted by atomic mass is 9.85. The Morgan fingerprint density at radius 2 is 2.15 bits per heavy atom. The first-order chi connectivity index (χ1) is 9.67. The normalized spacial score (nSPS) is 30.0. The molecule has 2 aromatic rings. The number of hydrogen-bond acceptors (Lipinski definition) is 3. The lowest BCUT2D eigenvalue weighted by Crippen LogP contribution is -2.38. The number of pyridine rings is 1. The summed E-state index contributed by atoms with van der Waals surface area (Å²) < 4.78 is 0. The Balaban J connectivity index is 1.80. The van der Waals surface area contributed by atoms with Crippen molar-refractivity contribution in [2.24, 2.45) is 0 Å². The molecule has 1 aromatic carbocycles. The molecule has 104 valence electrons. The van der Waals surface area contributed by atoms with E-state index in [1.165, 1.54) is 6.42 Å². The Bertz CT molecular complexity index is 669. The largest absolute Gasteiger partial charge is 0.383 e. The summed E-state index contributed by atoms with van der Waals surface area (Å²) in [7, 11) is 0. The van der Waals surface area contributed by atoms with Crippen molar-refractivity contribution < 1.29 is 5.11 Å². The number of rotatable bonds is 1. The summed E-state index contributed by atoms with van der Waals surface area (Å²) in [5.41, 5.74) is 2.44. The maximum absolute atomic E-state index is 11.2. The fraction of sp³-hybridized carbons (Fsp3) is 0.471. The Hall–Kier alpha value is -1.45. The van der Waals surface area contributed by atoms with Crippen molar-refractivity contribution in [2.45, 2.75) is 37.8 Å². The summed E-state index contributed by atoms with van der Waals surface area (Å²) in [4.78, 5) is 6.98. The minimum Gasteiger partial charge on any atom is -0.383 e. The van der Waals surface area contributed by atoms with Gasteiger partial charge in [-0.15, -0.1) is 0 Å². The minimum atomic E-state index is -0.671. The zero-order valence-corrected chi connectivity index (χ0v) is 11.8. The van der Waals surface area contributed by atoms with Gasteiger partial charge in [-0.3, -0.25) is 9.88 Å². The molecule has 1 N–H and O–H groups in total. The zero-order chi connectivity index (χ0) is 13.7. The predicted octanol–water partition coefficient (Wildman–Crippen LogP) is 2.60. The SMILES string of the molecule is Cc1ccc2cc(C3(O)CCN4CCCC43)ccc2n1. The molecule has 1 aromatic heterocycles. The van der Waals surface area contributed by atoms with Gasteiger partial charge >= 0.3 is 0 Å². The molecule has 2 fully saturated rings. The maximum atomic E-state index is 11.2. The molecular formula is C17H20N2O. The second-order valence-electron chi connectivity index (χ2n) is 6.23. The maximum Gasteiger partial charge on any atom is 0.106 e. The van der Waals surface area contributed by atoms with Crippen molar-refractivity contribution >= 4 is 10.9 Å². The number of aliphatic hydroxyl groups is 1. The van der Waals surface area contributed by atoms with Crippen molar-refractivity contribution in [3.05, 3.63) is 41.6 Å². The molecule has 0 aliphatic carbocycles. The van der Waals surface area contributed by atoms with Crippen molar-refractivity contribution in [2.75, 3.05) is 13.1 Å². The van der Waals surface area contributed by atoms with Crippen molar-refractivity contribution in [3.8, 4) is 0 Å². The highest BCUT2D eigenvalue weighted by atomic mass is 16.3. The van der Waals surface area contributed by atoms with Gasteiger partial charge in [0.05, 0.1) is 5.52 Å². The highest BCUT2D eigenvalue weighted by Crippen LogP contribution is 2.43. The van der Waals surface area contributed by atoms with E-state index in [4.69, 9.17) is 0 Å². The molecule has 3 heteroatoms. The summed E-state index contributed by atoms with van der Waals surface area (Å²) in [6.07, 6.45) is 3.17. The van der Waals surface area contributed by atoms with Crippen LogP contribution in [0.3, 0.4) is 0 Å². The third kappa shape index (κ3) is 1.70. The molecule has 3 nitrogen and oxygen atoms in total. The van der Waals surface area contributed by atoms with Gasteiger partial charge in [-0.25, -0.2) is 0 Å². The van der Waals surface area contributed by atoms with E-state index in [0.717, 1.165) is 48.1 Å². The molecule has 2 aliphatic rings. The Morgan fingerprint density at radius 3 is 3.05 bits per heavy atom. The number of fused-ring (bicyclic) bond motifs is 2. The van der Waals surface area contributed by atoms with Gasteiger partial charge in [-0.2, -0.15) is 0 Å². The standard InChI is InChI=1S/C17H20N2O/c1-12-4-5-13-11-14(6-7-15(13)18-12)17(20)8-10-19-9-2-3-16(17)19/h4-7,11,16,20H,2-3,8-10H2,1H3. The van der Waals surface area contributed by atoms with Crippen LogP contribution >= 0.6 is 0 Å². The molecule has 0 radical (unpaired) electrons. The predicted molar refractivity (Wildman–Crippen MR) is 79.6 cm³/mol. The monoisotopic (exact) mass is 268 g/mol. The second-order valence-corrected chi connectivity index (χ2v) is 6.23. The van der Waals surface area contributed by atoms with Crippen LogP contribution in [-0.4, -0.2) is 34.1 Å². The van der Waals surface area contributed by atoms with Crippen LogP contribution in [0.15, 0.2) is 30.3 Å². The van der Waals surface area contributed by atoms with Gasteiger partial charge in [0.1, 0.15) is 5.60 Å². The van der Waals surface area contributed by atoms with Crippen LogP contribution in [0, 0.1) is 6.92 Å². The first-order valence-electron chi connectivity index (χ1n) is 7.51. The van der Waals surface area contributed by atoms with Gasteiger partial charge in [0, 0.05) is 23.7 Å². The van der Waals surface area contributed by atoms with E-state index in [1.807, 2.05) is 19.1 Å². The van der Waals surface area contributed by atoms with E-state index in [-0.39, 0.29) is 0 Å². The summed E-state index contributed by atoms with van der Waals surface area (Å²) in [5.74, 6) is 0. The topological polar surface area (TPSA) is 36.4 Å². The van der Waals surface area contributed by atoms with E-state index in [1.54, 1.807) is 0 Å². The lowest BCUT2D eigenvalue weighted by Gasteiger charge is -2.30. The Kier molecular flexibility index (Phi) is 2.63. The molecule has 0 spiro atoms. The number of aromatic nitrogens is 1. The smallest absolute Gasteiger partial charge is 0.106 e. The highest BCUT2D eigenvalue weighted by molar-refractivity contribution is 5.79. The van der Waals surface area contributed by atoms with Gasteiger partial charge in [0.2, 0.25) is 0 Å². The van der Waals surface area contributed by atoms with Crippen molar-refractivity contribution in [1.29, 1.82) is 0 Å². The third-order valence-electron chi connectivity index (χ3n) is 5.02. The number of nitrogens with zero attached hydrogens (tertiary/aromatic N) is 2. The summed E-state index contributed by atoms with van der Waals surface area (Å²) in [6.45, 7) is 4.17. The molecule has 2 saturated heterocycles. The summed E-state index contributed by atoms with van der Waals surface area (Å²) in [5, 5.41) is 12.3. The fourth-order valence-corrected chi connectivity index (χ4v) is 3.95. The van der Waals surface area contributed by atoms with E-state index in [2.05, 4.69) is 28.1 Å². The fourth-order valence-electron chi connectivity index (χ4n) is 3.95. The zero-order valence-electron chi connectivity index (χ0n) is 11.8. The second kappa shape index (κ2) is 4.27. The molecular weight excluding hydrogens is 248 g/mol. The third-order valence-corrected chi connectivity index (χ3v) is 5.02. The summed E-state index contributed by atoms with van der Waals surface area (Å²) in [6, 6.07) is 10.7. The summed E-state index contributed by atoms with van der Waals surface area (Å²) >= 11 is 0. The molecule has 0 saturated carbocycles. The van der Waals surface area contributed by atoms with Crippen LogP contribution in [-0.2, 0) is 5.60 Å². The number of hydrogen-bond donors (Lipinski definition) is 1. The van der Waals surface area contributed by atoms with Gasteiger partial charge in [-0.05, 0) is 56.5 Å². The molecule has 3 heterocycles. The quantitative estimate of drug-likeness (QED) is 0.863. The average molecular weight is 268 g/mol. The first-order valence-corrected chi connectivity index (χ1v) is 7.51. The van der Waals surface area contributed by atoms with Crippen molar-refractivity contribution in [3.63, 3.8) is 0 Å². The van der Waals surface area contributed by atoms with Gasteiger partial charge < -0.3 is 5.11 Å². The Morgan fingerprint density at radius 1 is 1.25 bits per heavy atom. The molecule has 0 amide bonds. The number of benzene rings is 1. The lowest BCUT2D eigenvalue weighted by molar-refractivity contribution is 0.00950. The van der Waals surface area contributed by atoms with E-state index >= 15 is 0 Å². The van der Waals surface area contributed by atoms with E-state index in [0.29, 0.717) is 6.04 Å². The molecule has 0 bridgehead atoms. The van der Waals surface area contributed by atoms with Crippen LogP contribution < -0.4 is 0 Å². The minimum absolute atomic E-state index is 0.304. The van der Waals surface area contributed by atoms with Crippen LogP contribution in [0.5, 0.6) is 0 Å².